The van der Waals surface area contributed by atoms with Crippen LogP contribution in [-0.2, 0) is 9.59 Å². The van der Waals surface area contributed by atoms with Crippen LogP contribution in [0.5, 0.6) is 0 Å². The first-order chi connectivity index (χ1) is 7.52. The van der Waals surface area contributed by atoms with Crippen molar-refractivity contribution in [1.29, 1.82) is 0 Å². The first-order valence-electron chi connectivity index (χ1n) is 5.11. The van der Waals surface area contributed by atoms with Gasteiger partial charge in [-0.3, -0.25) is 14.5 Å². The molecule has 1 atom stereocenters. The van der Waals surface area contributed by atoms with Crippen molar-refractivity contribution in [3.63, 3.8) is 0 Å². The molecule has 0 saturated carbocycles. The average Bonchev–Trinajstić information content (AvgIpc) is 2.17. The van der Waals surface area contributed by atoms with Gasteiger partial charge < -0.3 is 21.7 Å². The molecule has 0 aliphatic carbocycles. The molecule has 6 N–H and O–H groups in total. The van der Waals surface area contributed by atoms with E-state index in [9.17, 15) is 9.59 Å². The van der Waals surface area contributed by atoms with Crippen LogP contribution in [0.1, 0.15) is 12.8 Å². The summed E-state index contributed by atoms with van der Waals surface area (Å²) in [7, 11) is 0. The van der Waals surface area contributed by atoms with Gasteiger partial charge in [-0.1, -0.05) is 0 Å². The predicted octanol–water partition coefficient (Wildman–Crippen LogP) is -1.48. The van der Waals surface area contributed by atoms with Crippen LogP contribution in [0.2, 0.25) is 0 Å². The number of carboxylic acids is 2. The maximum absolute atomic E-state index is 11.0. The molecule has 0 spiro atoms. The van der Waals surface area contributed by atoms with Crippen molar-refractivity contribution in [2.75, 3.05) is 26.2 Å². The Labute approximate surface area is 94.0 Å². The van der Waals surface area contributed by atoms with Crippen molar-refractivity contribution in [2.24, 2.45) is 11.5 Å². The van der Waals surface area contributed by atoms with Crippen LogP contribution in [0, 0.1) is 0 Å². The van der Waals surface area contributed by atoms with E-state index in [0.29, 0.717) is 26.2 Å². The highest BCUT2D eigenvalue weighted by Crippen LogP contribution is 2.07. The van der Waals surface area contributed by atoms with Crippen molar-refractivity contribution in [3.8, 4) is 0 Å². The Hall–Kier alpha value is -1.18. The molecule has 0 bridgehead atoms. The molecule has 0 aromatic rings. The monoisotopic (exact) mass is 233 g/mol. The number of aliphatic carboxylic acids is 2. The van der Waals surface area contributed by atoms with Gasteiger partial charge in [0.1, 0.15) is 6.04 Å². The van der Waals surface area contributed by atoms with Crippen LogP contribution in [0.4, 0.5) is 0 Å². The summed E-state index contributed by atoms with van der Waals surface area (Å²) < 4.78 is 0. The van der Waals surface area contributed by atoms with Crippen LogP contribution in [0.15, 0.2) is 0 Å². The maximum Gasteiger partial charge on any atom is 0.320 e. The second-order valence-corrected chi connectivity index (χ2v) is 3.40. The minimum Gasteiger partial charge on any atom is -0.481 e. The lowest BCUT2D eigenvalue weighted by Gasteiger charge is -2.27. The molecule has 0 saturated heterocycles. The van der Waals surface area contributed by atoms with E-state index in [0.717, 1.165) is 0 Å². The first kappa shape index (κ1) is 14.8. The van der Waals surface area contributed by atoms with E-state index in [1.165, 1.54) is 0 Å². The number of carboxylic acid groups (broad SMARTS) is 2. The summed E-state index contributed by atoms with van der Waals surface area (Å²) in [4.78, 5) is 23.0. The fraction of sp³-hybridized carbons (Fsp3) is 0.778. The molecule has 7 nitrogen and oxygen atoms in total. The van der Waals surface area contributed by atoms with E-state index in [4.69, 9.17) is 21.7 Å². The first-order valence-corrected chi connectivity index (χ1v) is 5.11. The molecule has 94 valence electrons. The topological polar surface area (TPSA) is 130 Å². The number of nitrogens with zero attached hydrogens (tertiary/aromatic N) is 1. The molecule has 0 aromatic carbocycles. The Bertz CT molecular complexity index is 229. The standard InChI is InChI=1S/C9H19N3O4/c10-3-5-12(6-4-11)7(9(15)16)1-2-8(13)14/h7H,1-6,10-11H2,(H,13,14)(H,15,16). The summed E-state index contributed by atoms with van der Waals surface area (Å²) in [5, 5.41) is 17.5. The Morgan fingerprint density at radius 2 is 1.62 bits per heavy atom. The molecule has 0 fully saturated rings. The fourth-order valence-corrected chi connectivity index (χ4v) is 1.48. The largest absolute Gasteiger partial charge is 0.481 e. The predicted molar refractivity (Wildman–Crippen MR) is 58.0 cm³/mol. The molecule has 0 aliphatic heterocycles. The molecule has 0 radical (unpaired) electrons. The Balaban J connectivity index is 4.43. The number of hydrogen-bond donors (Lipinski definition) is 4. The second kappa shape index (κ2) is 8.03. The van der Waals surface area contributed by atoms with Gasteiger partial charge >= 0.3 is 11.9 Å². The lowest BCUT2D eigenvalue weighted by Crippen LogP contribution is -2.46. The maximum atomic E-state index is 11.0. The molecular formula is C9H19N3O4. The quantitative estimate of drug-likeness (QED) is 0.382. The minimum absolute atomic E-state index is 0.0602. The zero-order chi connectivity index (χ0) is 12.6. The highest BCUT2D eigenvalue weighted by atomic mass is 16.4. The van der Waals surface area contributed by atoms with Crippen LogP contribution in [-0.4, -0.2) is 59.3 Å². The molecule has 1 unspecified atom stereocenters. The zero-order valence-corrected chi connectivity index (χ0v) is 9.13. The van der Waals surface area contributed by atoms with Gasteiger partial charge in [0.15, 0.2) is 0 Å². The molecule has 16 heavy (non-hydrogen) atoms. The molecule has 0 rings (SSSR count). The third-order valence-corrected chi connectivity index (χ3v) is 2.19. The van der Waals surface area contributed by atoms with Crippen molar-refractivity contribution in [3.05, 3.63) is 0 Å². The number of rotatable bonds is 9. The summed E-state index contributed by atoms with van der Waals surface area (Å²) >= 11 is 0. The van der Waals surface area contributed by atoms with E-state index < -0.39 is 18.0 Å². The molecule has 0 aliphatic rings. The van der Waals surface area contributed by atoms with Gasteiger partial charge in [-0.15, -0.1) is 0 Å². The summed E-state index contributed by atoms with van der Waals surface area (Å²) in [6.45, 7) is 1.43. The van der Waals surface area contributed by atoms with Crippen LogP contribution < -0.4 is 11.5 Å². The van der Waals surface area contributed by atoms with Gasteiger partial charge in [0.25, 0.3) is 0 Å². The summed E-state index contributed by atoms with van der Waals surface area (Å²) in [5.74, 6) is -2.05. The normalized spacial score (nSPS) is 12.7. The van der Waals surface area contributed by atoms with Crippen molar-refractivity contribution in [2.45, 2.75) is 18.9 Å². The fourth-order valence-electron chi connectivity index (χ4n) is 1.48. The zero-order valence-electron chi connectivity index (χ0n) is 9.13. The third kappa shape index (κ3) is 5.64. The van der Waals surface area contributed by atoms with Gasteiger partial charge in [-0.05, 0) is 6.42 Å². The summed E-state index contributed by atoms with van der Waals surface area (Å²) in [6, 6.07) is -0.830. The van der Waals surface area contributed by atoms with Crippen LogP contribution in [0.25, 0.3) is 0 Å². The van der Waals surface area contributed by atoms with E-state index >= 15 is 0 Å². The molecular weight excluding hydrogens is 214 g/mol. The van der Waals surface area contributed by atoms with Crippen molar-refractivity contribution in [1.82, 2.24) is 4.90 Å². The van der Waals surface area contributed by atoms with Gasteiger partial charge in [0.05, 0.1) is 0 Å². The van der Waals surface area contributed by atoms with Crippen LogP contribution in [0.3, 0.4) is 0 Å². The van der Waals surface area contributed by atoms with E-state index in [-0.39, 0.29) is 12.8 Å². The summed E-state index contributed by atoms with van der Waals surface area (Å²) in [6.07, 6.45) is -0.118. The summed E-state index contributed by atoms with van der Waals surface area (Å²) in [5.41, 5.74) is 10.7. The second-order valence-electron chi connectivity index (χ2n) is 3.40. The van der Waals surface area contributed by atoms with Gasteiger partial charge in [0.2, 0.25) is 0 Å². The Kier molecular flexibility index (Phi) is 7.44. The Morgan fingerprint density at radius 3 is 1.94 bits per heavy atom. The molecule has 0 aromatic heterocycles. The molecule has 0 heterocycles. The van der Waals surface area contributed by atoms with Gasteiger partial charge in [-0.25, -0.2) is 0 Å². The molecule has 0 amide bonds. The van der Waals surface area contributed by atoms with Gasteiger partial charge in [-0.2, -0.15) is 0 Å². The van der Waals surface area contributed by atoms with E-state index in [2.05, 4.69) is 0 Å². The Morgan fingerprint density at radius 1 is 1.12 bits per heavy atom. The molecule has 7 heteroatoms. The van der Waals surface area contributed by atoms with E-state index in [1.807, 2.05) is 0 Å². The average molecular weight is 233 g/mol. The lowest BCUT2D eigenvalue weighted by atomic mass is 10.1. The van der Waals surface area contributed by atoms with Crippen molar-refractivity contribution >= 4 is 11.9 Å². The van der Waals surface area contributed by atoms with Crippen LogP contribution >= 0.6 is 0 Å². The number of hydrogen-bond acceptors (Lipinski definition) is 5. The highest BCUT2D eigenvalue weighted by Gasteiger charge is 2.24. The smallest absolute Gasteiger partial charge is 0.320 e. The highest BCUT2D eigenvalue weighted by molar-refractivity contribution is 5.75. The number of carbonyl (C=O) groups is 2. The van der Waals surface area contributed by atoms with Crippen molar-refractivity contribution < 1.29 is 19.8 Å². The number of nitrogens with two attached hydrogens (primary N) is 2. The van der Waals surface area contributed by atoms with Gasteiger partial charge in [0, 0.05) is 32.6 Å². The lowest BCUT2D eigenvalue weighted by molar-refractivity contribution is -0.144. The minimum atomic E-state index is -1.04. The third-order valence-electron chi connectivity index (χ3n) is 2.19. The SMILES string of the molecule is NCCN(CCN)C(CCC(=O)O)C(=O)O. The van der Waals surface area contributed by atoms with E-state index in [1.54, 1.807) is 4.90 Å².